The van der Waals surface area contributed by atoms with Crippen molar-refractivity contribution in [2.75, 3.05) is 7.11 Å². The standard InChI is InChI=1S/C9H10O3.Na.H/c1-12-8-4-2-3-7(5-8)6-9(10)11;;/h2-5H,6H2,1H3,(H,10,11);;. The van der Waals surface area contributed by atoms with Crippen LogP contribution >= 0.6 is 0 Å². The molecule has 66 valence electrons. The molecule has 0 fully saturated rings. The molecule has 3 nitrogen and oxygen atoms in total. The Morgan fingerprint density at radius 1 is 1.54 bits per heavy atom. The zero-order valence-corrected chi connectivity index (χ0v) is 6.78. The van der Waals surface area contributed by atoms with E-state index in [0.717, 1.165) is 5.56 Å². The van der Waals surface area contributed by atoms with E-state index in [1.807, 2.05) is 0 Å². The minimum atomic E-state index is -0.830. The van der Waals surface area contributed by atoms with Crippen molar-refractivity contribution >= 4 is 35.5 Å². The molecule has 0 saturated carbocycles. The molecule has 0 spiro atoms. The van der Waals surface area contributed by atoms with Crippen LogP contribution in [0.4, 0.5) is 0 Å². The van der Waals surface area contributed by atoms with Crippen molar-refractivity contribution in [3.8, 4) is 5.75 Å². The fourth-order valence-electron chi connectivity index (χ4n) is 0.957. The van der Waals surface area contributed by atoms with Gasteiger partial charge in [-0.25, -0.2) is 0 Å². The number of carbonyl (C=O) groups is 1. The van der Waals surface area contributed by atoms with E-state index in [1.54, 1.807) is 31.4 Å². The van der Waals surface area contributed by atoms with E-state index in [9.17, 15) is 4.79 Å². The number of hydrogen-bond acceptors (Lipinski definition) is 2. The minimum absolute atomic E-state index is 0. The molecule has 0 bridgehead atoms. The molecule has 0 unspecified atom stereocenters. The van der Waals surface area contributed by atoms with Crippen LogP contribution in [0.5, 0.6) is 5.75 Å². The number of carboxylic acid groups (broad SMARTS) is 1. The van der Waals surface area contributed by atoms with Gasteiger partial charge in [0.2, 0.25) is 0 Å². The van der Waals surface area contributed by atoms with E-state index < -0.39 is 5.97 Å². The monoisotopic (exact) mass is 190 g/mol. The second kappa shape index (κ2) is 6.02. The van der Waals surface area contributed by atoms with Crippen LogP contribution in [0.3, 0.4) is 0 Å². The maximum absolute atomic E-state index is 10.3. The SMILES string of the molecule is COc1cccc(CC(=O)O)c1.[NaH]. The van der Waals surface area contributed by atoms with Crippen molar-refractivity contribution in [1.82, 2.24) is 0 Å². The van der Waals surface area contributed by atoms with Crippen LogP contribution in [0.25, 0.3) is 0 Å². The Morgan fingerprint density at radius 3 is 2.77 bits per heavy atom. The Morgan fingerprint density at radius 2 is 2.23 bits per heavy atom. The van der Waals surface area contributed by atoms with Crippen LogP contribution in [0.2, 0.25) is 0 Å². The molecule has 0 amide bonds. The van der Waals surface area contributed by atoms with Crippen LogP contribution in [-0.4, -0.2) is 47.7 Å². The van der Waals surface area contributed by atoms with Gasteiger partial charge in [-0.05, 0) is 17.7 Å². The van der Waals surface area contributed by atoms with Crippen LogP contribution < -0.4 is 4.74 Å². The molecule has 0 heterocycles. The number of carboxylic acids is 1. The van der Waals surface area contributed by atoms with Gasteiger partial charge in [-0.1, -0.05) is 12.1 Å². The summed E-state index contributed by atoms with van der Waals surface area (Å²) in [4.78, 5) is 10.3. The van der Waals surface area contributed by atoms with Gasteiger partial charge in [-0.3, -0.25) is 4.79 Å². The average Bonchev–Trinajstić information content (AvgIpc) is 2.03. The molecule has 1 rings (SSSR count). The molecule has 0 aromatic heterocycles. The van der Waals surface area contributed by atoms with Crippen LogP contribution in [0.1, 0.15) is 5.56 Å². The number of methoxy groups -OCH3 is 1. The van der Waals surface area contributed by atoms with Crippen LogP contribution in [0.15, 0.2) is 24.3 Å². The predicted molar refractivity (Wildman–Crippen MR) is 51.5 cm³/mol. The van der Waals surface area contributed by atoms with E-state index in [-0.39, 0.29) is 36.0 Å². The van der Waals surface area contributed by atoms with Gasteiger partial charge in [0.1, 0.15) is 5.75 Å². The Kier molecular flexibility index (Phi) is 5.79. The molecule has 0 radical (unpaired) electrons. The van der Waals surface area contributed by atoms with Crippen LogP contribution in [-0.2, 0) is 11.2 Å². The number of aliphatic carboxylic acids is 1. The quantitative estimate of drug-likeness (QED) is 0.713. The summed E-state index contributed by atoms with van der Waals surface area (Å²) in [6.07, 6.45) is 0.0389. The van der Waals surface area contributed by atoms with Gasteiger partial charge in [0.25, 0.3) is 0 Å². The summed E-state index contributed by atoms with van der Waals surface area (Å²) in [5.41, 5.74) is 0.752. The molecular formula is C9H11NaO3. The van der Waals surface area contributed by atoms with Gasteiger partial charge >= 0.3 is 35.5 Å². The topological polar surface area (TPSA) is 46.5 Å². The normalized spacial score (nSPS) is 8.69. The van der Waals surface area contributed by atoms with Crippen molar-refractivity contribution in [3.63, 3.8) is 0 Å². The summed E-state index contributed by atoms with van der Waals surface area (Å²) in [6, 6.07) is 7.03. The van der Waals surface area contributed by atoms with E-state index in [2.05, 4.69) is 0 Å². The molecule has 0 atom stereocenters. The Bertz CT molecular complexity index is 286. The van der Waals surface area contributed by atoms with E-state index >= 15 is 0 Å². The van der Waals surface area contributed by atoms with Gasteiger partial charge in [-0.2, -0.15) is 0 Å². The van der Waals surface area contributed by atoms with Crippen molar-refractivity contribution in [1.29, 1.82) is 0 Å². The molecule has 0 aliphatic heterocycles. The summed E-state index contributed by atoms with van der Waals surface area (Å²) in [6.45, 7) is 0. The zero-order valence-electron chi connectivity index (χ0n) is 6.78. The fourth-order valence-corrected chi connectivity index (χ4v) is 0.957. The van der Waals surface area contributed by atoms with Crippen molar-refractivity contribution in [2.45, 2.75) is 6.42 Å². The third kappa shape index (κ3) is 4.31. The van der Waals surface area contributed by atoms with Crippen LogP contribution in [0, 0.1) is 0 Å². The van der Waals surface area contributed by atoms with Gasteiger partial charge in [0.15, 0.2) is 0 Å². The third-order valence-electron chi connectivity index (χ3n) is 1.49. The Balaban J connectivity index is 0.00000144. The van der Waals surface area contributed by atoms with Gasteiger partial charge in [-0.15, -0.1) is 0 Å². The first-order valence-corrected chi connectivity index (χ1v) is 3.57. The zero-order chi connectivity index (χ0) is 8.97. The van der Waals surface area contributed by atoms with Gasteiger partial charge in [0, 0.05) is 0 Å². The molecule has 0 aliphatic rings. The number of rotatable bonds is 3. The first kappa shape index (κ1) is 12.5. The summed E-state index contributed by atoms with van der Waals surface area (Å²) in [5.74, 6) is -0.142. The van der Waals surface area contributed by atoms with Crippen molar-refractivity contribution in [3.05, 3.63) is 29.8 Å². The van der Waals surface area contributed by atoms with Crippen molar-refractivity contribution in [2.24, 2.45) is 0 Å². The molecule has 1 aromatic carbocycles. The molecule has 13 heavy (non-hydrogen) atoms. The number of hydrogen-bond donors (Lipinski definition) is 1. The molecule has 4 heteroatoms. The first-order valence-electron chi connectivity index (χ1n) is 3.57. The van der Waals surface area contributed by atoms with Crippen molar-refractivity contribution < 1.29 is 14.6 Å². The van der Waals surface area contributed by atoms with Gasteiger partial charge < -0.3 is 9.84 Å². The number of benzene rings is 1. The number of ether oxygens (including phenoxy) is 1. The van der Waals surface area contributed by atoms with E-state index in [1.165, 1.54) is 0 Å². The average molecular weight is 190 g/mol. The molecule has 1 aromatic rings. The second-order valence-electron chi connectivity index (χ2n) is 2.42. The Hall–Kier alpha value is -0.510. The summed E-state index contributed by atoms with van der Waals surface area (Å²) in [5, 5.41) is 8.49. The van der Waals surface area contributed by atoms with E-state index in [0.29, 0.717) is 5.75 Å². The maximum atomic E-state index is 10.3. The Labute approximate surface area is 99.0 Å². The summed E-state index contributed by atoms with van der Waals surface area (Å²) >= 11 is 0. The second-order valence-corrected chi connectivity index (χ2v) is 2.42. The first-order chi connectivity index (χ1) is 5.72. The molecular weight excluding hydrogens is 179 g/mol. The summed E-state index contributed by atoms with van der Waals surface area (Å²) < 4.78 is 4.94. The van der Waals surface area contributed by atoms with Gasteiger partial charge in [0.05, 0.1) is 13.5 Å². The summed E-state index contributed by atoms with van der Waals surface area (Å²) in [7, 11) is 1.56. The predicted octanol–water partition coefficient (Wildman–Crippen LogP) is 0.674. The molecule has 1 N–H and O–H groups in total. The fraction of sp³-hybridized carbons (Fsp3) is 0.222. The third-order valence-corrected chi connectivity index (χ3v) is 1.49. The van der Waals surface area contributed by atoms with E-state index in [4.69, 9.17) is 9.84 Å². The molecule has 0 aliphatic carbocycles. The molecule has 0 saturated heterocycles.